The minimum Gasteiger partial charge on any atom is -0.444 e. The molecular weight excluding hydrogens is 268 g/mol. The highest BCUT2D eigenvalue weighted by atomic mass is 16.6. The average Bonchev–Trinajstić information content (AvgIpc) is 2.40. The quantitative estimate of drug-likeness (QED) is 0.532. The van der Waals surface area contributed by atoms with Gasteiger partial charge in [-0.1, -0.05) is 30.3 Å². The average molecular weight is 294 g/mol. The minimum absolute atomic E-state index is 0.275. The molecule has 21 heavy (non-hydrogen) atoms. The standard InChI is InChI=1S/C16H26N2O3/c1-16(2,3)21-15(20)18-12-17-11-14(19)10-9-13-7-5-4-6-8-13/h4-8,14,17,19H,9-12H2,1-3H3,(H,18,20)/t14-/m0/s1. The van der Waals surface area contributed by atoms with Crippen LogP contribution in [0.2, 0.25) is 0 Å². The zero-order valence-electron chi connectivity index (χ0n) is 13.1. The van der Waals surface area contributed by atoms with E-state index < -0.39 is 17.8 Å². The van der Waals surface area contributed by atoms with E-state index >= 15 is 0 Å². The van der Waals surface area contributed by atoms with Gasteiger partial charge in [0.25, 0.3) is 0 Å². The van der Waals surface area contributed by atoms with Crippen molar-refractivity contribution in [2.75, 3.05) is 13.2 Å². The summed E-state index contributed by atoms with van der Waals surface area (Å²) in [6.45, 7) is 6.15. The predicted molar refractivity (Wildman–Crippen MR) is 83.0 cm³/mol. The zero-order valence-corrected chi connectivity index (χ0v) is 13.1. The van der Waals surface area contributed by atoms with Crippen LogP contribution in [0.4, 0.5) is 4.79 Å². The summed E-state index contributed by atoms with van der Waals surface area (Å²) in [5, 5.41) is 15.4. The van der Waals surface area contributed by atoms with Gasteiger partial charge in [-0.05, 0) is 39.2 Å². The molecule has 0 bridgehead atoms. The second-order valence-electron chi connectivity index (χ2n) is 5.99. The molecule has 118 valence electrons. The van der Waals surface area contributed by atoms with Gasteiger partial charge in [-0.2, -0.15) is 0 Å². The Kier molecular flexibility index (Phi) is 7.19. The monoisotopic (exact) mass is 294 g/mol. The third-order valence-corrected chi connectivity index (χ3v) is 2.75. The van der Waals surface area contributed by atoms with Crippen LogP contribution in [0, 0.1) is 0 Å². The van der Waals surface area contributed by atoms with E-state index in [-0.39, 0.29) is 6.67 Å². The first-order chi connectivity index (χ1) is 9.87. The Balaban J connectivity index is 2.08. The van der Waals surface area contributed by atoms with Crippen LogP contribution in [0.3, 0.4) is 0 Å². The van der Waals surface area contributed by atoms with Crippen LogP contribution in [0.25, 0.3) is 0 Å². The summed E-state index contributed by atoms with van der Waals surface area (Å²) in [6.07, 6.45) is 0.617. The topological polar surface area (TPSA) is 70.6 Å². The van der Waals surface area contributed by atoms with Gasteiger partial charge in [0.1, 0.15) is 5.60 Å². The Morgan fingerprint density at radius 2 is 1.95 bits per heavy atom. The first-order valence-electron chi connectivity index (χ1n) is 7.26. The number of nitrogens with one attached hydrogen (secondary N) is 2. The molecule has 0 fully saturated rings. The van der Waals surface area contributed by atoms with E-state index in [1.54, 1.807) is 0 Å². The minimum atomic E-state index is -0.501. The second-order valence-corrected chi connectivity index (χ2v) is 5.99. The van der Waals surface area contributed by atoms with Gasteiger partial charge < -0.3 is 15.2 Å². The van der Waals surface area contributed by atoms with Crippen molar-refractivity contribution in [1.29, 1.82) is 0 Å². The number of hydrogen-bond acceptors (Lipinski definition) is 4. The van der Waals surface area contributed by atoms with Crippen molar-refractivity contribution in [2.24, 2.45) is 0 Å². The van der Waals surface area contributed by atoms with E-state index in [2.05, 4.69) is 10.6 Å². The maximum atomic E-state index is 11.4. The molecular formula is C16H26N2O3. The fourth-order valence-electron chi connectivity index (χ4n) is 1.77. The Hall–Kier alpha value is -1.59. The molecule has 3 N–H and O–H groups in total. The molecule has 0 radical (unpaired) electrons. The lowest BCUT2D eigenvalue weighted by molar-refractivity contribution is 0.0519. The molecule has 5 nitrogen and oxygen atoms in total. The van der Waals surface area contributed by atoms with Gasteiger partial charge in [-0.3, -0.25) is 5.32 Å². The molecule has 0 aliphatic carbocycles. The lowest BCUT2D eigenvalue weighted by Crippen LogP contribution is -2.40. The molecule has 5 heteroatoms. The maximum absolute atomic E-state index is 11.4. The van der Waals surface area contributed by atoms with Crippen molar-refractivity contribution in [3.8, 4) is 0 Å². The molecule has 0 aliphatic heterocycles. The largest absolute Gasteiger partial charge is 0.444 e. The van der Waals surface area contributed by atoms with E-state index in [1.807, 2.05) is 51.1 Å². The van der Waals surface area contributed by atoms with Crippen molar-refractivity contribution < 1.29 is 14.6 Å². The number of benzene rings is 1. The Morgan fingerprint density at radius 1 is 1.29 bits per heavy atom. The number of ether oxygens (including phenoxy) is 1. The SMILES string of the molecule is CC(C)(C)OC(=O)NCNC[C@@H](O)CCc1ccccc1. The Bertz CT molecular complexity index is 415. The Morgan fingerprint density at radius 3 is 2.57 bits per heavy atom. The molecule has 1 atom stereocenters. The smallest absolute Gasteiger partial charge is 0.408 e. The lowest BCUT2D eigenvalue weighted by Gasteiger charge is -2.20. The molecule has 0 heterocycles. The third kappa shape index (κ3) is 9.05. The molecule has 0 saturated heterocycles. The van der Waals surface area contributed by atoms with Crippen LogP contribution < -0.4 is 10.6 Å². The summed E-state index contributed by atoms with van der Waals surface area (Å²) < 4.78 is 5.10. The molecule has 0 unspecified atom stereocenters. The van der Waals surface area contributed by atoms with Gasteiger partial charge in [-0.15, -0.1) is 0 Å². The van der Waals surface area contributed by atoms with Crippen molar-refractivity contribution >= 4 is 6.09 Å². The first-order valence-corrected chi connectivity index (χ1v) is 7.26. The number of carbonyl (C=O) groups excluding carboxylic acids is 1. The summed E-state index contributed by atoms with van der Waals surface area (Å²) >= 11 is 0. The van der Waals surface area contributed by atoms with Crippen LogP contribution in [0.1, 0.15) is 32.8 Å². The normalized spacial score (nSPS) is 12.8. The van der Waals surface area contributed by atoms with Crippen LogP contribution in [-0.2, 0) is 11.2 Å². The second kappa shape index (κ2) is 8.64. The van der Waals surface area contributed by atoms with Crippen LogP contribution in [0.5, 0.6) is 0 Å². The highest BCUT2D eigenvalue weighted by Crippen LogP contribution is 2.06. The molecule has 1 rings (SSSR count). The van der Waals surface area contributed by atoms with Gasteiger partial charge >= 0.3 is 6.09 Å². The molecule has 0 aliphatic rings. The number of amides is 1. The highest BCUT2D eigenvalue weighted by Gasteiger charge is 2.15. The lowest BCUT2D eigenvalue weighted by atomic mass is 10.1. The predicted octanol–water partition coefficient (Wildman–Crippen LogP) is 2.05. The fourth-order valence-corrected chi connectivity index (χ4v) is 1.77. The van der Waals surface area contributed by atoms with Crippen molar-refractivity contribution in [3.63, 3.8) is 0 Å². The van der Waals surface area contributed by atoms with Gasteiger partial charge in [0.15, 0.2) is 0 Å². The van der Waals surface area contributed by atoms with Crippen LogP contribution >= 0.6 is 0 Å². The number of aliphatic hydroxyl groups is 1. The van der Waals surface area contributed by atoms with Gasteiger partial charge in [0, 0.05) is 6.54 Å². The zero-order chi connectivity index (χ0) is 15.7. The van der Waals surface area contributed by atoms with E-state index in [1.165, 1.54) is 5.56 Å². The molecule has 0 saturated carbocycles. The van der Waals surface area contributed by atoms with Crippen LogP contribution in [-0.4, -0.2) is 36.1 Å². The van der Waals surface area contributed by atoms with E-state index in [0.29, 0.717) is 13.0 Å². The fraction of sp³-hybridized carbons (Fsp3) is 0.562. The van der Waals surface area contributed by atoms with Crippen LogP contribution in [0.15, 0.2) is 30.3 Å². The summed E-state index contributed by atoms with van der Waals surface area (Å²) in [7, 11) is 0. The van der Waals surface area contributed by atoms with Gasteiger partial charge in [0.2, 0.25) is 0 Å². The summed E-state index contributed by atoms with van der Waals surface area (Å²) in [5.41, 5.74) is 0.711. The summed E-state index contributed by atoms with van der Waals surface area (Å²) in [5.74, 6) is 0. The number of aryl methyl sites for hydroxylation is 1. The van der Waals surface area contributed by atoms with Crippen molar-refractivity contribution in [2.45, 2.75) is 45.3 Å². The van der Waals surface area contributed by atoms with E-state index in [4.69, 9.17) is 4.74 Å². The number of alkyl carbamates (subject to hydrolysis) is 1. The number of carbonyl (C=O) groups is 1. The first kappa shape index (κ1) is 17.5. The van der Waals surface area contributed by atoms with Gasteiger partial charge in [-0.25, -0.2) is 4.79 Å². The molecule has 0 aromatic heterocycles. The highest BCUT2D eigenvalue weighted by molar-refractivity contribution is 5.67. The molecule has 1 aromatic carbocycles. The van der Waals surface area contributed by atoms with Crippen molar-refractivity contribution in [1.82, 2.24) is 10.6 Å². The Labute approximate surface area is 126 Å². The molecule has 1 aromatic rings. The number of aliphatic hydroxyl groups excluding tert-OH is 1. The van der Waals surface area contributed by atoms with Crippen molar-refractivity contribution in [3.05, 3.63) is 35.9 Å². The molecule has 1 amide bonds. The third-order valence-electron chi connectivity index (χ3n) is 2.75. The van der Waals surface area contributed by atoms with E-state index in [9.17, 15) is 9.90 Å². The summed E-state index contributed by atoms with van der Waals surface area (Å²) in [4.78, 5) is 11.4. The number of hydrogen-bond donors (Lipinski definition) is 3. The maximum Gasteiger partial charge on any atom is 0.408 e. The molecule has 0 spiro atoms. The number of rotatable bonds is 7. The summed E-state index contributed by atoms with van der Waals surface area (Å²) in [6, 6.07) is 10.0. The van der Waals surface area contributed by atoms with E-state index in [0.717, 1.165) is 6.42 Å². The van der Waals surface area contributed by atoms with Gasteiger partial charge in [0.05, 0.1) is 12.8 Å².